The summed E-state index contributed by atoms with van der Waals surface area (Å²) in [6, 6.07) is 17.1. The number of aromatic nitrogens is 3. The molecule has 264 valence electrons. The highest BCUT2D eigenvalue weighted by Crippen LogP contribution is 2.30. The average Bonchev–Trinajstić information content (AvgIpc) is 3.49. The minimum atomic E-state index is -4.31. The Bertz CT molecular complexity index is 2280. The molecule has 0 saturated carbocycles. The van der Waals surface area contributed by atoms with E-state index in [1.54, 1.807) is 55.6 Å². The van der Waals surface area contributed by atoms with Crippen molar-refractivity contribution in [2.24, 2.45) is 0 Å². The van der Waals surface area contributed by atoms with Crippen LogP contribution >= 0.6 is 0 Å². The number of esters is 1. The molecule has 0 amide bonds. The molecule has 5 rings (SSSR count). The zero-order valence-electron chi connectivity index (χ0n) is 28.2. The third kappa shape index (κ3) is 7.90. The van der Waals surface area contributed by atoms with E-state index in [4.69, 9.17) is 14.2 Å². The number of hydrogen-bond acceptors (Lipinski definition) is 11. The molecule has 0 aliphatic rings. The summed E-state index contributed by atoms with van der Waals surface area (Å²) in [5.74, 6) is 0.0345. The van der Waals surface area contributed by atoms with Crippen LogP contribution in [-0.4, -0.2) is 67.5 Å². The van der Waals surface area contributed by atoms with Gasteiger partial charge in [0, 0.05) is 29.8 Å². The van der Waals surface area contributed by atoms with Gasteiger partial charge in [0.25, 0.3) is 10.0 Å². The zero-order valence-corrected chi connectivity index (χ0v) is 30.7. The fourth-order valence-electron chi connectivity index (χ4n) is 5.30. The maximum atomic E-state index is 14.1. The standard InChI is InChI=1S/C35H37N3O9S3/c1-23-6-12-28(13-7-23)49(41,42)19-18-47-33(39)17-10-26-8-14-29(15-9-26)50(43,44)38-32-16-11-27(45-4)20-30(32)37-35(38)48(40)22-31-25(3)34(46-5)24(2)21-36-31/h6-9,11-16,20-21H,10,17-19,22H2,1-5H3. The van der Waals surface area contributed by atoms with E-state index in [0.29, 0.717) is 28.3 Å². The molecule has 0 radical (unpaired) electrons. The predicted molar refractivity (Wildman–Crippen MR) is 188 cm³/mol. The van der Waals surface area contributed by atoms with Gasteiger partial charge in [-0.25, -0.2) is 25.8 Å². The van der Waals surface area contributed by atoms with E-state index in [0.717, 1.165) is 15.1 Å². The third-order valence-corrected chi connectivity index (χ3v) is 12.8. The molecule has 1 unspecified atom stereocenters. The molecule has 5 aromatic rings. The molecule has 0 bridgehead atoms. The lowest BCUT2D eigenvalue weighted by Crippen LogP contribution is -2.18. The van der Waals surface area contributed by atoms with Gasteiger partial charge in [-0.15, -0.1) is 0 Å². The molecule has 2 heterocycles. The Kier molecular flexibility index (Phi) is 11.1. The van der Waals surface area contributed by atoms with Gasteiger partial charge in [-0.05, 0) is 69.2 Å². The van der Waals surface area contributed by atoms with E-state index in [2.05, 4.69) is 9.97 Å². The van der Waals surface area contributed by atoms with Crippen molar-refractivity contribution < 1.29 is 40.0 Å². The largest absolute Gasteiger partial charge is 0.497 e. The fraction of sp³-hybridized carbons (Fsp3) is 0.286. The van der Waals surface area contributed by atoms with Crippen molar-refractivity contribution in [3.8, 4) is 11.5 Å². The number of aryl methyl sites for hydroxylation is 3. The third-order valence-electron chi connectivity index (χ3n) is 8.09. The highest BCUT2D eigenvalue weighted by Gasteiger charge is 2.29. The smallest absolute Gasteiger partial charge is 0.306 e. The molecule has 0 N–H and O–H groups in total. The average molecular weight is 740 g/mol. The Morgan fingerprint density at radius 1 is 0.880 bits per heavy atom. The maximum absolute atomic E-state index is 14.1. The van der Waals surface area contributed by atoms with Gasteiger partial charge < -0.3 is 14.2 Å². The Hall–Kier alpha value is -4.60. The predicted octanol–water partition coefficient (Wildman–Crippen LogP) is 4.87. The number of pyridine rings is 1. The molecule has 0 spiro atoms. The first-order valence-electron chi connectivity index (χ1n) is 15.5. The summed E-state index contributed by atoms with van der Waals surface area (Å²) in [7, 11) is -6.84. The minimum absolute atomic E-state index is 0.0367. The summed E-state index contributed by atoms with van der Waals surface area (Å²) in [6.07, 6.45) is 1.81. The van der Waals surface area contributed by atoms with Gasteiger partial charge in [0.2, 0.25) is 5.16 Å². The first kappa shape index (κ1) is 36.7. The topological polar surface area (TPSA) is 161 Å². The van der Waals surface area contributed by atoms with Crippen LogP contribution in [0.2, 0.25) is 0 Å². The Morgan fingerprint density at radius 2 is 1.56 bits per heavy atom. The number of imidazole rings is 1. The minimum Gasteiger partial charge on any atom is -0.497 e. The van der Waals surface area contributed by atoms with Crippen LogP contribution in [0.3, 0.4) is 0 Å². The lowest BCUT2D eigenvalue weighted by atomic mass is 10.1. The van der Waals surface area contributed by atoms with Gasteiger partial charge in [-0.1, -0.05) is 29.8 Å². The van der Waals surface area contributed by atoms with Crippen LogP contribution in [0.15, 0.2) is 87.9 Å². The summed E-state index contributed by atoms with van der Waals surface area (Å²) in [4.78, 5) is 21.4. The first-order valence-corrected chi connectivity index (χ1v) is 19.9. The fourth-order valence-corrected chi connectivity index (χ4v) is 9.44. The molecule has 0 aliphatic heterocycles. The van der Waals surface area contributed by atoms with Gasteiger partial charge >= 0.3 is 5.97 Å². The van der Waals surface area contributed by atoms with Crippen molar-refractivity contribution in [2.75, 3.05) is 26.6 Å². The molecule has 0 aliphatic carbocycles. The van der Waals surface area contributed by atoms with E-state index >= 15 is 0 Å². The molecular formula is C35H37N3O9S3. The molecule has 15 heteroatoms. The van der Waals surface area contributed by atoms with Gasteiger partial charge in [0.05, 0.1) is 63.0 Å². The number of nitrogens with zero attached hydrogens (tertiary/aromatic N) is 3. The van der Waals surface area contributed by atoms with Gasteiger partial charge in [0.1, 0.15) is 18.1 Å². The second-order valence-corrected chi connectivity index (χ2v) is 16.8. The van der Waals surface area contributed by atoms with Crippen LogP contribution in [0, 0.1) is 20.8 Å². The molecule has 0 fully saturated rings. The maximum Gasteiger partial charge on any atom is 0.306 e. The van der Waals surface area contributed by atoms with Crippen molar-refractivity contribution in [3.63, 3.8) is 0 Å². The zero-order chi connectivity index (χ0) is 36.2. The molecule has 1 atom stereocenters. The molecule has 0 saturated heterocycles. The van der Waals surface area contributed by atoms with E-state index in [1.807, 2.05) is 13.8 Å². The number of fused-ring (bicyclic) bond motifs is 1. The number of ether oxygens (including phenoxy) is 3. The van der Waals surface area contributed by atoms with Crippen molar-refractivity contribution in [3.05, 3.63) is 101 Å². The number of methoxy groups -OCH3 is 2. The highest BCUT2D eigenvalue weighted by atomic mass is 32.2. The summed E-state index contributed by atoms with van der Waals surface area (Å²) in [5, 5.41) is -0.176. The van der Waals surface area contributed by atoms with E-state index in [9.17, 15) is 25.8 Å². The first-order chi connectivity index (χ1) is 23.7. The summed E-state index contributed by atoms with van der Waals surface area (Å²) in [6.45, 7) is 5.22. The number of rotatable bonds is 14. The van der Waals surface area contributed by atoms with Crippen molar-refractivity contribution >= 4 is 47.7 Å². The van der Waals surface area contributed by atoms with E-state index < -0.39 is 36.6 Å². The van der Waals surface area contributed by atoms with Crippen LogP contribution in [0.5, 0.6) is 11.5 Å². The monoisotopic (exact) mass is 739 g/mol. The lowest BCUT2D eigenvalue weighted by molar-refractivity contribution is -0.142. The van der Waals surface area contributed by atoms with E-state index in [1.165, 1.54) is 38.5 Å². The second-order valence-electron chi connectivity index (χ2n) is 11.6. The van der Waals surface area contributed by atoms with Crippen LogP contribution in [0.1, 0.15) is 34.4 Å². The van der Waals surface area contributed by atoms with E-state index in [-0.39, 0.29) is 56.9 Å². The van der Waals surface area contributed by atoms with Crippen LogP contribution in [0.4, 0.5) is 0 Å². The number of benzene rings is 3. The molecule has 3 aromatic carbocycles. The number of carbonyl (C=O) groups excluding carboxylic acids is 1. The lowest BCUT2D eigenvalue weighted by Gasteiger charge is -2.13. The van der Waals surface area contributed by atoms with Crippen molar-refractivity contribution in [1.82, 2.24) is 13.9 Å². The highest BCUT2D eigenvalue weighted by molar-refractivity contribution is 7.91. The van der Waals surface area contributed by atoms with Crippen molar-refractivity contribution in [1.29, 1.82) is 0 Å². The molecule has 12 nitrogen and oxygen atoms in total. The van der Waals surface area contributed by atoms with Crippen molar-refractivity contribution in [2.45, 2.75) is 54.3 Å². The summed E-state index contributed by atoms with van der Waals surface area (Å²) < 4.78 is 84.1. The summed E-state index contributed by atoms with van der Waals surface area (Å²) >= 11 is 0. The second kappa shape index (κ2) is 15.1. The van der Waals surface area contributed by atoms with Crippen LogP contribution in [0.25, 0.3) is 11.0 Å². The SMILES string of the molecule is COc1ccc2c(c1)nc(S(=O)Cc1ncc(C)c(OC)c1C)n2S(=O)(=O)c1ccc(CCC(=O)OCCS(=O)(=O)c2ccc(C)cc2)cc1. The molecule has 2 aromatic heterocycles. The Morgan fingerprint density at radius 3 is 2.22 bits per heavy atom. The van der Waals surface area contributed by atoms with Crippen LogP contribution < -0.4 is 9.47 Å². The number of hydrogen-bond donors (Lipinski definition) is 0. The number of sulfone groups is 1. The quantitative estimate of drug-likeness (QED) is 0.143. The normalized spacial score (nSPS) is 12.5. The van der Waals surface area contributed by atoms with Gasteiger partial charge in [0.15, 0.2) is 9.84 Å². The van der Waals surface area contributed by atoms with Crippen LogP contribution in [-0.2, 0) is 52.4 Å². The number of carbonyl (C=O) groups is 1. The molecule has 50 heavy (non-hydrogen) atoms. The molecular weight excluding hydrogens is 703 g/mol. The Balaban J connectivity index is 1.32. The van der Waals surface area contributed by atoms with Gasteiger partial charge in [-0.2, -0.15) is 0 Å². The summed E-state index contributed by atoms with van der Waals surface area (Å²) in [5.41, 5.74) is 4.08. The Labute approximate surface area is 293 Å². The van der Waals surface area contributed by atoms with Gasteiger partial charge in [-0.3, -0.25) is 14.0 Å².